The molecule has 122 valence electrons. The van der Waals surface area contributed by atoms with Gasteiger partial charge in [0.1, 0.15) is 0 Å². The Kier molecular flexibility index (Phi) is 5.90. The van der Waals surface area contributed by atoms with Gasteiger partial charge in [-0.3, -0.25) is 4.90 Å². The number of carbonyl (C=O) groups is 1. The summed E-state index contributed by atoms with van der Waals surface area (Å²) in [5.41, 5.74) is -0.219. The quantitative estimate of drug-likeness (QED) is 0.703. The van der Waals surface area contributed by atoms with Crippen molar-refractivity contribution in [2.24, 2.45) is 0 Å². The summed E-state index contributed by atoms with van der Waals surface area (Å²) >= 11 is 0. The van der Waals surface area contributed by atoms with Crippen LogP contribution in [0.25, 0.3) is 0 Å². The van der Waals surface area contributed by atoms with Crippen molar-refractivity contribution < 1.29 is 23.1 Å². The zero-order valence-electron chi connectivity index (χ0n) is 12.2. The number of rotatable bonds is 7. The third kappa shape index (κ3) is 4.51. The zero-order valence-corrected chi connectivity index (χ0v) is 13.0. The fourth-order valence-electron chi connectivity index (χ4n) is 2.29. The number of ether oxygens (including phenoxy) is 1. The molecule has 0 amide bonds. The van der Waals surface area contributed by atoms with E-state index in [0.29, 0.717) is 19.6 Å². The third-order valence-electron chi connectivity index (χ3n) is 3.45. The van der Waals surface area contributed by atoms with Crippen LogP contribution in [0.1, 0.15) is 16.8 Å². The highest BCUT2D eigenvalue weighted by Crippen LogP contribution is 2.15. The van der Waals surface area contributed by atoms with Gasteiger partial charge in [-0.15, -0.1) is 0 Å². The molecule has 0 aliphatic carbocycles. The molecular weight excluding hydrogens is 308 g/mol. The molecule has 1 fully saturated rings. The Labute approximate surface area is 129 Å². The van der Waals surface area contributed by atoms with Crippen molar-refractivity contribution in [3.63, 3.8) is 0 Å². The Morgan fingerprint density at radius 3 is 2.64 bits per heavy atom. The van der Waals surface area contributed by atoms with E-state index in [4.69, 9.17) is 9.84 Å². The van der Waals surface area contributed by atoms with Gasteiger partial charge in [0.25, 0.3) is 0 Å². The fourth-order valence-corrected chi connectivity index (χ4v) is 3.56. The number of morpholine rings is 1. The highest BCUT2D eigenvalue weighted by atomic mass is 32.2. The summed E-state index contributed by atoms with van der Waals surface area (Å²) < 4.78 is 32.1. The molecule has 2 N–H and O–H groups in total. The lowest BCUT2D eigenvalue weighted by Gasteiger charge is -2.26. The van der Waals surface area contributed by atoms with Crippen LogP contribution in [-0.4, -0.2) is 63.8 Å². The Morgan fingerprint density at radius 1 is 1.27 bits per heavy atom. The molecule has 0 atom stereocenters. The molecular formula is C14H20N2O5S. The predicted octanol–water partition coefficient (Wildman–Crippen LogP) is 0.385. The maximum atomic E-state index is 12.2. The maximum absolute atomic E-state index is 12.2. The average molecular weight is 328 g/mol. The van der Waals surface area contributed by atoms with Crippen LogP contribution >= 0.6 is 0 Å². The molecule has 1 aliphatic rings. The molecule has 2 rings (SSSR count). The van der Waals surface area contributed by atoms with E-state index in [0.717, 1.165) is 19.6 Å². The van der Waals surface area contributed by atoms with E-state index in [2.05, 4.69) is 9.62 Å². The van der Waals surface area contributed by atoms with Crippen LogP contribution in [0.15, 0.2) is 29.2 Å². The summed E-state index contributed by atoms with van der Waals surface area (Å²) in [5, 5.41) is 9.06. The van der Waals surface area contributed by atoms with Crippen LogP contribution in [0, 0.1) is 0 Å². The lowest BCUT2D eigenvalue weighted by Crippen LogP contribution is -2.38. The monoisotopic (exact) mass is 328 g/mol. The van der Waals surface area contributed by atoms with E-state index in [1.165, 1.54) is 24.3 Å². The van der Waals surface area contributed by atoms with Gasteiger partial charge in [0.05, 0.1) is 23.7 Å². The van der Waals surface area contributed by atoms with E-state index in [-0.39, 0.29) is 17.0 Å². The van der Waals surface area contributed by atoms with E-state index >= 15 is 0 Å². The smallest absolute Gasteiger partial charge is 0.337 e. The SMILES string of the molecule is O=C(O)c1ccccc1S(=O)(=O)NCCCN1CCOCC1. The lowest BCUT2D eigenvalue weighted by atomic mass is 10.2. The van der Waals surface area contributed by atoms with Crippen LogP contribution in [-0.2, 0) is 14.8 Å². The molecule has 8 heteroatoms. The van der Waals surface area contributed by atoms with Crippen molar-refractivity contribution >= 4 is 16.0 Å². The van der Waals surface area contributed by atoms with Gasteiger partial charge < -0.3 is 9.84 Å². The van der Waals surface area contributed by atoms with Crippen LogP contribution in [0.3, 0.4) is 0 Å². The minimum Gasteiger partial charge on any atom is -0.478 e. The first kappa shape index (κ1) is 16.9. The van der Waals surface area contributed by atoms with Crippen molar-refractivity contribution in [3.05, 3.63) is 29.8 Å². The molecule has 0 saturated carbocycles. The number of hydrogen-bond donors (Lipinski definition) is 2. The number of carboxylic acids is 1. The van der Waals surface area contributed by atoms with E-state index < -0.39 is 16.0 Å². The molecule has 1 aliphatic heterocycles. The van der Waals surface area contributed by atoms with Crippen LogP contribution < -0.4 is 4.72 Å². The van der Waals surface area contributed by atoms with Gasteiger partial charge in [-0.25, -0.2) is 17.9 Å². The molecule has 1 saturated heterocycles. The maximum Gasteiger partial charge on any atom is 0.337 e. The molecule has 0 unspecified atom stereocenters. The minimum atomic E-state index is -3.81. The predicted molar refractivity (Wildman–Crippen MR) is 80.5 cm³/mol. The average Bonchev–Trinajstić information content (AvgIpc) is 2.52. The van der Waals surface area contributed by atoms with Gasteiger partial charge in [-0.2, -0.15) is 0 Å². The molecule has 1 aromatic rings. The first-order valence-corrected chi connectivity index (χ1v) is 8.61. The number of aromatic carboxylic acids is 1. The number of sulfonamides is 1. The van der Waals surface area contributed by atoms with E-state index in [9.17, 15) is 13.2 Å². The third-order valence-corrected chi connectivity index (χ3v) is 4.97. The van der Waals surface area contributed by atoms with Crippen molar-refractivity contribution in [1.82, 2.24) is 9.62 Å². The fraction of sp³-hybridized carbons (Fsp3) is 0.500. The Bertz CT molecular complexity index is 611. The summed E-state index contributed by atoms with van der Waals surface area (Å²) in [5.74, 6) is -1.26. The Morgan fingerprint density at radius 2 is 1.95 bits per heavy atom. The van der Waals surface area contributed by atoms with Gasteiger partial charge in [-0.05, 0) is 25.1 Å². The Hall–Kier alpha value is -1.48. The molecule has 0 radical (unpaired) electrons. The second kappa shape index (κ2) is 7.68. The zero-order chi connectivity index (χ0) is 16.0. The summed E-state index contributed by atoms with van der Waals surface area (Å²) in [7, 11) is -3.81. The molecule has 0 bridgehead atoms. The minimum absolute atomic E-state index is 0.200. The number of nitrogens with zero attached hydrogens (tertiary/aromatic N) is 1. The molecule has 1 aromatic carbocycles. The van der Waals surface area contributed by atoms with Crippen molar-refractivity contribution in [2.75, 3.05) is 39.4 Å². The molecule has 7 nitrogen and oxygen atoms in total. The Balaban J connectivity index is 1.90. The van der Waals surface area contributed by atoms with Gasteiger partial charge in [0.15, 0.2) is 0 Å². The lowest BCUT2D eigenvalue weighted by molar-refractivity contribution is 0.0376. The van der Waals surface area contributed by atoms with Crippen molar-refractivity contribution in [2.45, 2.75) is 11.3 Å². The van der Waals surface area contributed by atoms with Crippen LogP contribution in [0.4, 0.5) is 0 Å². The highest BCUT2D eigenvalue weighted by molar-refractivity contribution is 7.89. The molecule has 22 heavy (non-hydrogen) atoms. The summed E-state index contributed by atoms with van der Waals surface area (Å²) in [6, 6.07) is 5.59. The first-order valence-electron chi connectivity index (χ1n) is 7.13. The number of carboxylic acid groups (broad SMARTS) is 1. The molecule has 0 aromatic heterocycles. The highest BCUT2D eigenvalue weighted by Gasteiger charge is 2.21. The van der Waals surface area contributed by atoms with Gasteiger partial charge in [0, 0.05) is 19.6 Å². The molecule has 1 heterocycles. The number of hydrogen-bond acceptors (Lipinski definition) is 5. The van der Waals surface area contributed by atoms with Gasteiger partial charge >= 0.3 is 5.97 Å². The van der Waals surface area contributed by atoms with Gasteiger partial charge in [-0.1, -0.05) is 12.1 Å². The second-order valence-corrected chi connectivity index (χ2v) is 6.74. The van der Waals surface area contributed by atoms with E-state index in [1.54, 1.807) is 0 Å². The summed E-state index contributed by atoms with van der Waals surface area (Å²) in [4.78, 5) is 13.1. The topological polar surface area (TPSA) is 95.9 Å². The standard InChI is InChI=1S/C14H20N2O5S/c17-14(18)12-4-1-2-5-13(12)22(19,20)15-6-3-7-16-8-10-21-11-9-16/h1-2,4-5,15H,3,6-11H2,(H,17,18). The second-order valence-electron chi connectivity index (χ2n) is 5.01. The summed E-state index contributed by atoms with van der Waals surface area (Å²) in [6.45, 7) is 4.18. The van der Waals surface area contributed by atoms with E-state index in [1.807, 2.05) is 0 Å². The molecule has 0 spiro atoms. The largest absolute Gasteiger partial charge is 0.478 e. The van der Waals surface area contributed by atoms with Crippen molar-refractivity contribution in [3.8, 4) is 0 Å². The normalized spacial score (nSPS) is 16.5. The van der Waals surface area contributed by atoms with Gasteiger partial charge in [0.2, 0.25) is 10.0 Å². The first-order chi connectivity index (χ1) is 10.5. The summed E-state index contributed by atoms with van der Waals surface area (Å²) in [6.07, 6.45) is 0.661. The van der Waals surface area contributed by atoms with Crippen LogP contribution in [0.2, 0.25) is 0 Å². The van der Waals surface area contributed by atoms with Crippen LogP contribution in [0.5, 0.6) is 0 Å². The van der Waals surface area contributed by atoms with Crippen molar-refractivity contribution in [1.29, 1.82) is 0 Å². The number of benzene rings is 1. The number of nitrogens with one attached hydrogen (secondary N) is 1.